The fraction of sp³-hybridized carbons (Fsp3) is 0.769. The van der Waals surface area contributed by atoms with Crippen molar-refractivity contribution in [2.24, 2.45) is 11.8 Å². The fourth-order valence-electron chi connectivity index (χ4n) is 2.46. The number of anilines is 1. The molecule has 5 nitrogen and oxygen atoms in total. The van der Waals surface area contributed by atoms with Crippen molar-refractivity contribution < 1.29 is 9.90 Å². The van der Waals surface area contributed by atoms with Gasteiger partial charge in [-0.25, -0.2) is 0 Å². The molecule has 1 aromatic heterocycles. The first kappa shape index (κ1) is 15.6. The van der Waals surface area contributed by atoms with E-state index in [1.54, 1.807) is 0 Å². The van der Waals surface area contributed by atoms with Crippen LogP contribution in [0.4, 0.5) is 5.13 Å². The highest BCUT2D eigenvalue weighted by Crippen LogP contribution is 2.30. The third-order valence-corrected chi connectivity index (χ3v) is 5.69. The molecule has 7 heteroatoms. The number of nitrogens with one attached hydrogen (secondary N) is 1. The highest BCUT2D eigenvalue weighted by Gasteiger charge is 2.17. The van der Waals surface area contributed by atoms with Crippen LogP contribution in [0.1, 0.15) is 39.0 Å². The van der Waals surface area contributed by atoms with Gasteiger partial charge in [-0.2, -0.15) is 0 Å². The smallest absolute Gasteiger partial charge is 0.313 e. The Labute approximate surface area is 127 Å². The topological polar surface area (TPSA) is 75.1 Å². The Morgan fingerprint density at radius 2 is 2.15 bits per heavy atom. The number of nitrogens with zero attached hydrogens (tertiary/aromatic N) is 2. The van der Waals surface area contributed by atoms with Crippen molar-refractivity contribution in [1.29, 1.82) is 0 Å². The van der Waals surface area contributed by atoms with Gasteiger partial charge in [0.05, 0.1) is 5.75 Å². The zero-order chi connectivity index (χ0) is 14.4. The first-order chi connectivity index (χ1) is 9.63. The van der Waals surface area contributed by atoms with Crippen LogP contribution in [0.5, 0.6) is 0 Å². The van der Waals surface area contributed by atoms with Crippen LogP contribution in [-0.4, -0.2) is 33.6 Å². The average molecular weight is 315 g/mol. The van der Waals surface area contributed by atoms with Crippen LogP contribution in [0.2, 0.25) is 0 Å². The Balaban J connectivity index is 1.65. The summed E-state index contributed by atoms with van der Waals surface area (Å²) in [6.45, 7) is 3.27. The molecule has 2 N–H and O–H groups in total. The number of hydrogen-bond donors (Lipinski definition) is 2. The van der Waals surface area contributed by atoms with Crippen LogP contribution in [-0.2, 0) is 4.79 Å². The van der Waals surface area contributed by atoms with Crippen molar-refractivity contribution >= 4 is 34.2 Å². The lowest BCUT2D eigenvalue weighted by atomic mass is 9.81. The SMILES string of the molecule is CC1CCC(CCNc2nnc(SCC(=O)O)s2)CC1. The van der Waals surface area contributed by atoms with E-state index in [9.17, 15) is 4.79 Å². The van der Waals surface area contributed by atoms with Crippen LogP contribution >= 0.6 is 23.1 Å². The van der Waals surface area contributed by atoms with Crippen LogP contribution in [0.3, 0.4) is 0 Å². The summed E-state index contributed by atoms with van der Waals surface area (Å²) in [6, 6.07) is 0. The quantitative estimate of drug-likeness (QED) is 0.752. The third-order valence-electron chi connectivity index (χ3n) is 3.69. The highest BCUT2D eigenvalue weighted by molar-refractivity contribution is 8.01. The molecule has 0 saturated heterocycles. The second-order valence-corrected chi connectivity index (χ2v) is 7.60. The van der Waals surface area contributed by atoms with E-state index in [4.69, 9.17) is 5.11 Å². The summed E-state index contributed by atoms with van der Waals surface area (Å²) in [6.07, 6.45) is 6.60. The van der Waals surface area contributed by atoms with E-state index in [2.05, 4.69) is 22.4 Å². The first-order valence-corrected chi connectivity index (χ1v) is 8.85. The Hall–Kier alpha value is -0.820. The molecule has 0 radical (unpaired) electrons. The van der Waals surface area contributed by atoms with E-state index in [0.717, 1.165) is 23.5 Å². The van der Waals surface area contributed by atoms with Crippen molar-refractivity contribution in [3.05, 3.63) is 0 Å². The molecule has 1 fully saturated rings. The number of thioether (sulfide) groups is 1. The normalized spacial score (nSPS) is 22.6. The van der Waals surface area contributed by atoms with Crippen LogP contribution in [0.25, 0.3) is 0 Å². The molecular formula is C13H21N3O2S2. The molecule has 2 rings (SSSR count). The van der Waals surface area contributed by atoms with E-state index in [-0.39, 0.29) is 5.75 Å². The summed E-state index contributed by atoms with van der Waals surface area (Å²) in [7, 11) is 0. The number of carbonyl (C=O) groups is 1. The number of aliphatic carboxylic acids is 1. The van der Waals surface area contributed by atoms with E-state index in [1.165, 1.54) is 55.2 Å². The van der Waals surface area contributed by atoms with Crippen molar-refractivity contribution in [3.63, 3.8) is 0 Å². The molecule has 0 bridgehead atoms. The van der Waals surface area contributed by atoms with Gasteiger partial charge in [-0.05, 0) is 18.3 Å². The largest absolute Gasteiger partial charge is 0.481 e. The van der Waals surface area contributed by atoms with Gasteiger partial charge in [0.1, 0.15) is 0 Å². The predicted octanol–water partition coefficient (Wildman–Crippen LogP) is 3.34. The molecule has 0 aliphatic heterocycles. The molecule has 0 atom stereocenters. The van der Waals surface area contributed by atoms with Gasteiger partial charge in [0.2, 0.25) is 5.13 Å². The minimum Gasteiger partial charge on any atom is -0.481 e. The van der Waals surface area contributed by atoms with E-state index < -0.39 is 5.97 Å². The first-order valence-electron chi connectivity index (χ1n) is 7.05. The van der Waals surface area contributed by atoms with E-state index in [1.807, 2.05) is 0 Å². The second kappa shape index (κ2) is 7.83. The summed E-state index contributed by atoms with van der Waals surface area (Å²) < 4.78 is 0.710. The van der Waals surface area contributed by atoms with Gasteiger partial charge in [0.15, 0.2) is 4.34 Å². The van der Waals surface area contributed by atoms with E-state index in [0.29, 0.717) is 4.34 Å². The Kier molecular flexibility index (Phi) is 6.09. The lowest BCUT2D eigenvalue weighted by Gasteiger charge is -2.25. The van der Waals surface area contributed by atoms with Crippen molar-refractivity contribution in [3.8, 4) is 0 Å². The van der Waals surface area contributed by atoms with Crippen LogP contribution < -0.4 is 5.32 Å². The lowest BCUT2D eigenvalue weighted by molar-refractivity contribution is -0.133. The average Bonchev–Trinajstić information content (AvgIpc) is 2.87. The summed E-state index contributed by atoms with van der Waals surface area (Å²) in [5.41, 5.74) is 0. The van der Waals surface area contributed by atoms with Crippen molar-refractivity contribution in [2.45, 2.75) is 43.4 Å². The van der Waals surface area contributed by atoms with Crippen molar-refractivity contribution in [1.82, 2.24) is 10.2 Å². The molecule has 1 aromatic rings. The molecule has 1 aliphatic rings. The summed E-state index contributed by atoms with van der Waals surface area (Å²) in [5, 5.41) is 20.7. The number of aromatic nitrogens is 2. The molecule has 0 aromatic carbocycles. The second-order valence-electron chi connectivity index (χ2n) is 5.40. The zero-order valence-corrected chi connectivity index (χ0v) is 13.3. The minimum atomic E-state index is -0.828. The number of carboxylic acid groups (broad SMARTS) is 1. The Morgan fingerprint density at radius 1 is 1.40 bits per heavy atom. The maximum absolute atomic E-state index is 10.5. The fourth-order valence-corrected chi connectivity index (χ4v) is 3.96. The molecule has 1 saturated carbocycles. The molecule has 0 spiro atoms. The number of carboxylic acids is 1. The molecule has 112 valence electrons. The van der Waals surface area contributed by atoms with Gasteiger partial charge >= 0.3 is 5.97 Å². The maximum Gasteiger partial charge on any atom is 0.313 e. The summed E-state index contributed by atoms with van der Waals surface area (Å²) in [5.74, 6) is 0.949. The number of rotatable bonds is 7. The molecule has 0 amide bonds. The Morgan fingerprint density at radius 3 is 2.85 bits per heavy atom. The standard InChI is InChI=1S/C13H21N3O2S2/c1-9-2-4-10(5-3-9)6-7-14-12-15-16-13(20-12)19-8-11(17)18/h9-10H,2-8H2,1H3,(H,14,15)(H,17,18). The molecular weight excluding hydrogens is 294 g/mol. The highest BCUT2D eigenvalue weighted by atomic mass is 32.2. The van der Waals surface area contributed by atoms with Gasteiger partial charge in [-0.1, -0.05) is 55.7 Å². The predicted molar refractivity (Wildman–Crippen MR) is 82.5 cm³/mol. The monoisotopic (exact) mass is 315 g/mol. The summed E-state index contributed by atoms with van der Waals surface area (Å²) in [4.78, 5) is 10.5. The molecule has 1 heterocycles. The van der Waals surface area contributed by atoms with Crippen LogP contribution in [0.15, 0.2) is 4.34 Å². The Bertz CT molecular complexity index is 431. The molecule has 0 unspecified atom stereocenters. The summed E-state index contributed by atoms with van der Waals surface area (Å²) >= 11 is 2.64. The zero-order valence-electron chi connectivity index (χ0n) is 11.7. The van der Waals surface area contributed by atoms with E-state index >= 15 is 0 Å². The molecule has 1 aliphatic carbocycles. The molecule has 20 heavy (non-hydrogen) atoms. The minimum absolute atomic E-state index is 0.0366. The van der Waals surface area contributed by atoms with Gasteiger partial charge in [-0.15, -0.1) is 10.2 Å². The number of hydrogen-bond acceptors (Lipinski definition) is 6. The van der Waals surface area contributed by atoms with Crippen LogP contribution in [0, 0.1) is 11.8 Å². The van der Waals surface area contributed by atoms with Gasteiger partial charge in [0, 0.05) is 6.54 Å². The van der Waals surface area contributed by atoms with Crippen molar-refractivity contribution in [2.75, 3.05) is 17.6 Å². The van der Waals surface area contributed by atoms with Gasteiger partial charge in [-0.3, -0.25) is 4.79 Å². The van der Waals surface area contributed by atoms with Gasteiger partial charge < -0.3 is 10.4 Å². The lowest BCUT2D eigenvalue weighted by Crippen LogP contribution is -2.15. The van der Waals surface area contributed by atoms with Gasteiger partial charge in [0.25, 0.3) is 0 Å². The third kappa shape index (κ3) is 5.28. The maximum atomic E-state index is 10.5.